The molecule has 1 aliphatic rings. The van der Waals surface area contributed by atoms with Crippen LogP contribution in [0.5, 0.6) is 0 Å². The van der Waals surface area contributed by atoms with Gasteiger partial charge in [-0.2, -0.15) is 12.6 Å². The zero-order valence-corrected chi connectivity index (χ0v) is 23.3. The molecule has 0 aromatic heterocycles. The second kappa shape index (κ2) is 15.7. The van der Waals surface area contributed by atoms with E-state index in [9.17, 15) is 28.8 Å². The van der Waals surface area contributed by atoms with E-state index in [-0.39, 0.29) is 49.6 Å². The highest BCUT2D eigenvalue weighted by atomic mass is 32.1. The Kier molecular flexibility index (Phi) is 12.7. The fraction of sp³-hybridized carbons (Fsp3) is 0.538. The van der Waals surface area contributed by atoms with Crippen molar-refractivity contribution in [2.45, 2.75) is 63.9 Å². The van der Waals surface area contributed by atoms with Crippen molar-refractivity contribution in [1.82, 2.24) is 20.9 Å². The molecule has 39 heavy (non-hydrogen) atoms. The Hall–Kier alpha value is -3.61. The van der Waals surface area contributed by atoms with Gasteiger partial charge in [0, 0.05) is 32.1 Å². The topological polar surface area (TPSA) is 163 Å². The standard InChI is InChI=1S/C26H37N5O7S/c1-16(2)23(30-20(32)7-5-4-6-12-31-22(34)13-19(39)25(31)36)24(35)28-14-21(33)29-18-10-8-17(9-11-18)15-38-26(37)27-3/h8-11,16,19,23,39H,4-7,12-15H2,1-3H3,(H,27,37)(H,28,35)(H,29,33)(H,30,32). The molecule has 1 heterocycles. The van der Waals surface area contributed by atoms with Gasteiger partial charge in [0.1, 0.15) is 12.6 Å². The number of thiol groups is 1. The molecular formula is C26H37N5O7S. The Morgan fingerprint density at radius 3 is 2.33 bits per heavy atom. The molecule has 1 fully saturated rings. The molecule has 0 spiro atoms. The Balaban J connectivity index is 1.69. The van der Waals surface area contributed by atoms with E-state index in [1.165, 1.54) is 11.9 Å². The predicted octanol–water partition coefficient (Wildman–Crippen LogP) is 1.36. The van der Waals surface area contributed by atoms with Gasteiger partial charge >= 0.3 is 6.09 Å². The average molecular weight is 564 g/mol. The van der Waals surface area contributed by atoms with Crippen LogP contribution in [0.15, 0.2) is 24.3 Å². The van der Waals surface area contributed by atoms with Crippen LogP contribution in [0.25, 0.3) is 0 Å². The maximum Gasteiger partial charge on any atom is 0.407 e. The number of likely N-dealkylation sites (tertiary alicyclic amines) is 1. The number of hydrogen-bond acceptors (Lipinski definition) is 8. The van der Waals surface area contributed by atoms with Gasteiger partial charge in [0.2, 0.25) is 29.5 Å². The molecule has 0 aliphatic carbocycles. The van der Waals surface area contributed by atoms with E-state index in [0.717, 1.165) is 5.56 Å². The SMILES string of the molecule is CNC(=O)OCc1ccc(NC(=O)CNC(=O)C(NC(=O)CCCCCN2C(=O)CC(S)C2=O)C(C)C)cc1. The summed E-state index contributed by atoms with van der Waals surface area (Å²) in [6, 6.07) is 5.89. The average Bonchev–Trinajstić information content (AvgIpc) is 3.14. The Morgan fingerprint density at radius 1 is 1.05 bits per heavy atom. The first kappa shape index (κ1) is 31.6. The fourth-order valence-corrected chi connectivity index (χ4v) is 4.10. The first-order valence-corrected chi connectivity index (χ1v) is 13.4. The summed E-state index contributed by atoms with van der Waals surface area (Å²) in [4.78, 5) is 73.4. The number of ether oxygens (including phenoxy) is 1. The zero-order valence-electron chi connectivity index (χ0n) is 22.5. The van der Waals surface area contributed by atoms with E-state index in [4.69, 9.17) is 4.74 Å². The third kappa shape index (κ3) is 10.6. The molecule has 2 atom stereocenters. The van der Waals surface area contributed by atoms with Gasteiger partial charge in [0.05, 0.1) is 11.8 Å². The minimum Gasteiger partial charge on any atom is -0.445 e. The molecule has 1 saturated heterocycles. The van der Waals surface area contributed by atoms with Crippen LogP contribution in [0, 0.1) is 5.92 Å². The first-order valence-electron chi connectivity index (χ1n) is 12.8. The van der Waals surface area contributed by atoms with Gasteiger partial charge in [0.25, 0.3) is 0 Å². The second-order valence-corrected chi connectivity index (χ2v) is 10.1. The van der Waals surface area contributed by atoms with Gasteiger partial charge in [-0.1, -0.05) is 32.4 Å². The number of unbranched alkanes of at least 4 members (excludes halogenated alkanes) is 2. The van der Waals surface area contributed by atoms with E-state index in [0.29, 0.717) is 31.5 Å². The Morgan fingerprint density at radius 2 is 1.74 bits per heavy atom. The summed E-state index contributed by atoms with van der Waals surface area (Å²) >= 11 is 4.09. The van der Waals surface area contributed by atoms with E-state index < -0.39 is 29.2 Å². The molecule has 13 heteroatoms. The monoisotopic (exact) mass is 563 g/mol. The van der Waals surface area contributed by atoms with E-state index in [1.54, 1.807) is 38.1 Å². The van der Waals surface area contributed by atoms with Gasteiger partial charge in [0.15, 0.2) is 0 Å². The van der Waals surface area contributed by atoms with Gasteiger partial charge in [-0.3, -0.25) is 28.9 Å². The van der Waals surface area contributed by atoms with Crippen molar-refractivity contribution in [3.05, 3.63) is 29.8 Å². The quantitative estimate of drug-likeness (QED) is 0.130. The lowest BCUT2D eigenvalue weighted by Gasteiger charge is -2.21. The van der Waals surface area contributed by atoms with Gasteiger partial charge in [-0.05, 0) is 36.5 Å². The molecule has 0 saturated carbocycles. The number of anilines is 1. The summed E-state index contributed by atoms with van der Waals surface area (Å²) in [7, 11) is 1.46. The van der Waals surface area contributed by atoms with Crippen LogP contribution >= 0.6 is 12.6 Å². The number of hydrogen-bond donors (Lipinski definition) is 5. The number of benzene rings is 1. The molecule has 214 valence electrons. The lowest BCUT2D eigenvalue weighted by atomic mass is 10.0. The van der Waals surface area contributed by atoms with Crippen molar-refractivity contribution in [1.29, 1.82) is 0 Å². The Bertz CT molecular complexity index is 1050. The zero-order chi connectivity index (χ0) is 28.9. The minimum atomic E-state index is -0.808. The van der Waals surface area contributed by atoms with E-state index in [2.05, 4.69) is 33.9 Å². The fourth-order valence-electron chi connectivity index (χ4n) is 3.80. The first-order chi connectivity index (χ1) is 18.5. The normalized spacial score (nSPS) is 15.6. The molecule has 12 nitrogen and oxygen atoms in total. The van der Waals surface area contributed by atoms with E-state index in [1.807, 2.05) is 0 Å². The molecule has 1 aromatic carbocycles. The van der Waals surface area contributed by atoms with Crippen LogP contribution in [0.1, 0.15) is 51.5 Å². The van der Waals surface area contributed by atoms with Crippen molar-refractivity contribution >= 4 is 53.9 Å². The maximum absolute atomic E-state index is 12.7. The van der Waals surface area contributed by atoms with E-state index >= 15 is 0 Å². The second-order valence-electron chi connectivity index (χ2n) is 9.49. The maximum atomic E-state index is 12.7. The summed E-state index contributed by atoms with van der Waals surface area (Å²) in [5.41, 5.74) is 1.25. The highest BCUT2D eigenvalue weighted by Crippen LogP contribution is 2.18. The number of amides is 6. The van der Waals surface area contributed by atoms with Crippen LogP contribution in [-0.2, 0) is 35.3 Å². The van der Waals surface area contributed by atoms with Gasteiger partial charge in [-0.25, -0.2) is 4.79 Å². The Labute approximate surface area is 233 Å². The molecule has 6 amide bonds. The molecule has 0 bridgehead atoms. The molecule has 1 aliphatic heterocycles. The number of imide groups is 1. The molecule has 2 unspecified atom stereocenters. The number of nitrogens with zero attached hydrogens (tertiary/aromatic N) is 1. The lowest BCUT2D eigenvalue weighted by Crippen LogP contribution is -2.51. The molecule has 0 radical (unpaired) electrons. The van der Waals surface area contributed by atoms with Crippen LogP contribution in [0.3, 0.4) is 0 Å². The minimum absolute atomic E-state index is 0.0870. The van der Waals surface area contributed by atoms with Gasteiger partial charge in [-0.15, -0.1) is 0 Å². The molecule has 1 aromatic rings. The summed E-state index contributed by atoms with van der Waals surface area (Å²) in [5.74, 6) is -1.91. The van der Waals surface area contributed by atoms with Crippen LogP contribution in [0.4, 0.5) is 10.5 Å². The summed E-state index contributed by atoms with van der Waals surface area (Å²) in [5, 5.41) is 9.72. The third-order valence-electron chi connectivity index (χ3n) is 6.01. The number of carbonyl (C=O) groups is 6. The molecular weight excluding hydrogens is 526 g/mol. The number of rotatable bonds is 14. The highest BCUT2D eigenvalue weighted by molar-refractivity contribution is 7.81. The van der Waals surface area contributed by atoms with Crippen LogP contribution in [0.2, 0.25) is 0 Å². The molecule has 2 rings (SSSR count). The third-order valence-corrected chi connectivity index (χ3v) is 6.41. The van der Waals surface area contributed by atoms with Crippen molar-refractivity contribution in [3.8, 4) is 0 Å². The summed E-state index contributed by atoms with van der Waals surface area (Å²) in [6.45, 7) is 3.70. The van der Waals surface area contributed by atoms with Crippen molar-refractivity contribution in [2.75, 3.05) is 25.5 Å². The highest BCUT2D eigenvalue weighted by Gasteiger charge is 2.35. The summed E-state index contributed by atoms with van der Waals surface area (Å²) < 4.78 is 4.95. The predicted molar refractivity (Wildman–Crippen MR) is 147 cm³/mol. The van der Waals surface area contributed by atoms with Crippen molar-refractivity contribution < 1.29 is 33.5 Å². The van der Waals surface area contributed by atoms with Crippen molar-refractivity contribution in [3.63, 3.8) is 0 Å². The van der Waals surface area contributed by atoms with Crippen molar-refractivity contribution in [2.24, 2.45) is 5.92 Å². The lowest BCUT2D eigenvalue weighted by molar-refractivity contribution is -0.138. The van der Waals surface area contributed by atoms with Gasteiger partial charge < -0.3 is 26.0 Å². The number of carbonyl (C=O) groups excluding carboxylic acids is 6. The van der Waals surface area contributed by atoms with Crippen LogP contribution < -0.4 is 21.3 Å². The number of nitrogens with one attached hydrogen (secondary N) is 4. The van der Waals surface area contributed by atoms with Crippen LogP contribution in [-0.4, -0.2) is 72.0 Å². The largest absolute Gasteiger partial charge is 0.445 e. The summed E-state index contributed by atoms with van der Waals surface area (Å²) in [6.07, 6.45) is 1.53. The molecule has 4 N–H and O–H groups in total. The number of alkyl carbamates (subject to hydrolysis) is 1. The smallest absolute Gasteiger partial charge is 0.407 e.